The lowest BCUT2D eigenvalue weighted by atomic mass is 9.52. The van der Waals surface area contributed by atoms with Gasteiger partial charge in [-0.15, -0.1) is 6.58 Å². The molecule has 3 aliphatic rings. The fourth-order valence-electron chi connectivity index (χ4n) is 5.42. The predicted molar refractivity (Wildman–Crippen MR) is 84.7 cm³/mol. The fraction of sp³-hybridized carbons (Fsp3) is 0.882. The van der Waals surface area contributed by atoms with Crippen LogP contribution in [0.3, 0.4) is 0 Å². The second-order valence-electron chi connectivity index (χ2n) is 6.91. The van der Waals surface area contributed by atoms with Gasteiger partial charge in [0.15, 0.2) is 6.29 Å². The van der Waals surface area contributed by atoms with E-state index in [1.165, 1.54) is 25.7 Å². The summed E-state index contributed by atoms with van der Waals surface area (Å²) in [4.78, 5) is 0. The molecule has 114 valence electrons. The van der Waals surface area contributed by atoms with Crippen LogP contribution >= 0.6 is 11.8 Å². The molecule has 0 amide bonds. The van der Waals surface area contributed by atoms with Crippen LogP contribution in [0, 0.1) is 17.3 Å². The minimum atomic E-state index is -0.596. The lowest BCUT2D eigenvalue weighted by Crippen LogP contribution is -2.57. The molecular formula is C17H28O2S. The van der Waals surface area contributed by atoms with Crippen LogP contribution in [0.15, 0.2) is 12.7 Å². The Morgan fingerprint density at radius 1 is 1.45 bits per heavy atom. The Hall–Kier alpha value is 0.01000. The van der Waals surface area contributed by atoms with Gasteiger partial charge >= 0.3 is 0 Å². The van der Waals surface area contributed by atoms with Gasteiger partial charge in [-0.05, 0) is 37.4 Å². The third kappa shape index (κ3) is 1.79. The molecule has 2 aliphatic carbocycles. The maximum absolute atomic E-state index is 10.8. The van der Waals surface area contributed by atoms with Crippen molar-refractivity contribution in [1.29, 1.82) is 0 Å². The van der Waals surface area contributed by atoms with Crippen LogP contribution in [-0.4, -0.2) is 28.0 Å². The van der Waals surface area contributed by atoms with E-state index in [9.17, 15) is 5.11 Å². The molecule has 0 aromatic carbocycles. The average Bonchev–Trinajstić information content (AvgIpc) is 2.65. The Bertz CT molecular complexity index is 385. The van der Waals surface area contributed by atoms with E-state index in [1.807, 2.05) is 17.8 Å². The van der Waals surface area contributed by atoms with Crippen LogP contribution in [0.2, 0.25) is 0 Å². The SMILES string of the molecule is C=CCC12C(C)CC(SCC)C3(CCCCC31)OC2O. The van der Waals surface area contributed by atoms with Crippen LogP contribution in [0.4, 0.5) is 0 Å². The van der Waals surface area contributed by atoms with Gasteiger partial charge in [0.05, 0.1) is 5.60 Å². The fourth-order valence-corrected chi connectivity index (χ4v) is 6.86. The number of hydrogen-bond acceptors (Lipinski definition) is 3. The van der Waals surface area contributed by atoms with E-state index in [0.29, 0.717) is 17.1 Å². The molecule has 6 atom stereocenters. The zero-order chi connectivity index (χ0) is 14.4. The highest BCUT2D eigenvalue weighted by atomic mass is 32.2. The van der Waals surface area contributed by atoms with Gasteiger partial charge in [0.2, 0.25) is 0 Å². The lowest BCUT2D eigenvalue weighted by molar-refractivity contribution is -0.163. The summed E-state index contributed by atoms with van der Waals surface area (Å²) < 4.78 is 6.36. The first-order chi connectivity index (χ1) is 9.61. The Balaban J connectivity index is 2.04. The third-order valence-corrected chi connectivity index (χ3v) is 7.56. The maximum atomic E-state index is 10.8. The molecule has 1 N–H and O–H groups in total. The van der Waals surface area contributed by atoms with Gasteiger partial charge in [0.25, 0.3) is 0 Å². The highest BCUT2D eigenvalue weighted by molar-refractivity contribution is 7.99. The Morgan fingerprint density at radius 2 is 2.25 bits per heavy atom. The number of thioether (sulfide) groups is 1. The van der Waals surface area contributed by atoms with E-state index < -0.39 is 6.29 Å². The topological polar surface area (TPSA) is 29.5 Å². The van der Waals surface area contributed by atoms with E-state index in [0.717, 1.165) is 18.6 Å². The van der Waals surface area contributed by atoms with Crippen molar-refractivity contribution in [3.63, 3.8) is 0 Å². The summed E-state index contributed by atoms with van der Waals surface area (Å²) in [6.45, 7) is 8.51. The van der Waals surface area contributed by atoms with Crippen LogP contribution in [0.1, 0.15) is 52.4 Å². The lowest BCUT2D eigenvalue weighted by Gasteiger charge is -2.54. The Morgan fingerprint density at radius 3 is 2.95 bits per heavy atom. The molecule has 1 saturated heterocycles. The molecule has 3 rings (SSSR count). The number of rotatable bonds is 4. The van der Waals surface area contributed by atoms with Crippen LogP contribution in [0.5, 0.6) is 0 Å². The molecule has 0 radical (unpaired) electrons. The van der Waals surface area contributed by atoms with Gasteiger partial charge in [-0.3, -0.25) is 0 Å². The summed E-state index contributed by atoms with van der Waals surface area (Å²) in [7, 11) is 0. The first-order valence-corrected chi connectivity index (χ1v) is 9.25. The molecule has 3 fully saturated rings. The van der Waals surface area contributed by atoms with Crippen LogP contribution in [-0.2, 0) is 4.74 Å². The first-order valence-electron chi connectivity index (χ1n) is 8.20. The normalized spacial score (nSPS) is 50.8. The second kappa shape index (κ2) is 5.33. The molecule has 20 heavy (non-hydrogen) atoms. The summed E-state index contributed by atoms with van der Waals surface area (Å²) in [5.41, 5.74) is -0.138. The smallest absolute Gasteiger partial charge is 0.161 e. The molecule has 1 aliphatic heterocycles. The molecule has 2 nitrogen and oxygen atoms in total. The number of hydrogen-bond donors (Lipinski definition) is 1. The zero-order valence-corrected chi connectivity index (χ0v) is 13.6. The molecule has 0 spiro atoms. The summed E-state index contributed by atoms with van der Waals surface area (Å²) in [6, 6.07) is 0. The molecule has 2 bridgehead atoms. The standard InChI is InChI=1S/C17H28O2S/c1-4-9-16-12(3)11-14(20-5-2)17(19-15(16)18)10-7-6-8-13(16)17/h4,12-15,18H,1,5-11H2,2-3H3. The van der Waals surface area contributed by atoms with Crippen molar-refractivity contribution in [3.05, 3.63) is 12.7 Å². The minimum Gasteiger partial charge on any atom is -0.367 e. The van der Waals surface area contributed by atoms with E-state index in [-0.39, 0.29) is 11.0 Å². The van der Waals surface area contributed by atoms with Crippen molar-refractivity contribution in [2.75, 3.05) is 5.75 Å². The van der Waals surface area contributed by atoms with Gasteiger partial charge in [-0.1, -0.05) is 32.8 Å². The quantitative estimate of drug-likeness (QED) is 0.796. The highest BCUT2D eigenvalue weighted by Crippen LogP contribution is 2.67. The number of allylic oxidation sites excluding steroid dienone is 1. The van der Waals surface area contributed by atoms with Crippen LogP contribution < -0.4 is 0 Å². The zero-order valence-electron chi connectivity index (χ0n) is 12.8. The summed E-state index contributed by atoms with van der Waals surface area (Å²) in [5.74, 6) is 2.17. The summed E-state index contributed by atoms with van der Waals surface area (Å²) in [5, 5.41) is 11.3. The number of ether oxygens (including phenoxy) is 1. The molecule has 3 heteroatoms. The predicted octanol–water partition coefficient (Wildman–Crippen LogP) is 3.99. The average molecular weight is 296 g/mol. The molecule has 0 aromatic heterocycles. The summed E-state index contributed by atoms with van der Waals surface area (Å²) >= 11 is 2.05. The van der Waals surface area contributed by atoms with Crippen molar-refractivity contribution in [1.82, 2.24) is 0 Å². The largest absolute Gasteiger partial charge is 0.367 e. The molecule has 6 unspecified atom stereocenters. The highest BCUT2D eigenvalue weighted by Gasteiger charge is 2.70. The molecule has 0 aromatic rings. The van der Waals surface area contributed by atoms with Crippen molar-refractivity contribution in [2.24, 2.45) is 17.3 Å². The van der Waals surface area contributed by atoms with Crippen molar-refractivity contribution >= 4 is 11.8 Å². The third-order valence-electron chi connectivity index (χ3n) is 6.24. The molecular weight excluding hydrogens is 268 g/mol. The number of aliphatic hydroxyl groups is 1. The first kappa shape index (κ1) is 14.9. The molecule has 2 saturated carbocycles. The number of aliphatic hydroxyl groups excluding tert-OH is 1. The van der Waals surface area contributed by atoms with Crippen molar-refractivity contribution < 1.29 is 9.84 Å². The van der Waals surface area contributed by atoms with Gasteiger partial charge in [0.1, 0.15) is 0 Å². The Kier molecular flexibility index (Phi) is 3.98. The maximum Gasteiger partial charge on any atom is 0.161 e. The van der Waals surface area contributed by atoms with Gasteiger partial charge in [-0.2, -0.15) is 11.8 Å². The van der Waals surface area contributed by atoms with Crippen LogP contribution in [0.25, 0.3) is 0 Å². The van der Waals surface area contributed by atoms with E-state index in [1.54, 1.807) is 0 Å². The second-order valence-corrected chi connectivity index (χ2v) is 8.39. The van der Waals surface area contributed by atoms with Gasteiger partial charge < -0.3 is 9.84 Å². The minimum absolute atomic E-state index is 0.0616. The van der Waals surface area contributed by atoms with E-state index in [4.69, 9.17) is 4.74 Å². The molecule has 1 heterocycles. The van der Waals surface area contributed by atoms with Gasteiger partial charge in [-0.25, -0.2) is 0 Å². The van der Waals surface area contributed by atoms with Gasteiger partial charge in [0, 0.05) is 16.6 Å². The van der Waals surface area contributed by atoms with E-state index in [2.05, 4.69) is 20.4 Å². The van der Waals surface area contributed by atoms with E-state index >= 15 is 0 Å². The summed E-state index contributed by atoms with van der Waals surface area (Å²) in [6.07, 6.45) is 8.38. The Labute approximate surface area is 127 Å². The van der Waals surface area contributed by atoms with Crippen molar-refractivity contribution in [3.8, 4) is 0 Å². The van der Waals surface area contributed by atoms with Crippen molar-refractivity contribution in [2.45, 2.75) is 69.5 Å². The monoisotopic (exact) mass is 296 g/mol.